The van der Waals surface area contributed by atoms with Gasteiger partial charge in [0.2, 0.25) is 5.89 Å². The van der Waals surface area contributed by atoms with Crippen molar-refractivity contribution >= 4 is 17.7 Å². The molecule has 0 N–H and O–H groups in total. The SMILES string of the molecule is Cc1nc(CSc2ccccc2C(=O)N2C[C@H]3CCC[C@H]3C2)no1. The van der Waals surface area contributed by atoms with Crippen molar-refractivity contribution in [2.24, 2.45) is 11.8 Å². The van der Waals surface area contributed by atoms with Gasteiger partial charge >= 0.3 is 0 Å². The number of carbonyl (C=O) groups excluding carboxylic acids is 1. The average molecular weight is 343 g/mol. The van der Waals surface area contributed by atoms with Crippen LogP contribution in [0.5, 0.6) is 0 Å². The maximum atomic E-state index is 13.0. The summed E-state index contributed by atoms with van der Waals surface area (Å²) in [5.74, 6) is 3.44. The second-order valence-corrected chi connectivity index (χ2v) is 7.69. The van der Waals surface area contributed by atoms with Gasteiger partial charge in [-0.1, -0.05) is 23.7 Å². The second-order valence-electron chi connectivity index (χ2n) is 6.68. The highest BCUT2D eigenvalue weighted by Gasteiger charge is 2.38. The van der Waals surface area contributed by atoms with Gasteiger partial charge in [-0.3, -0.25) is 4.79 Å². The molecule has 126 valence electrons. The average Bonchev–Trinajstić information content (AvgIpc) is 3.28. The topological polar surface area (TPSA) is 59.2 Å². The molecule has 0 unspecified atom stereocenters. The van der Waals surface area contributed by atoms with Crippen LogP contribution in [0.2, 0.25) is 0 Å². The molecule has 1 aromatic heterocycles. The zero-order valence-corrected chi connectivity index (χ0v) is 14.6. The molecule has 0 radical (unpaired) electrons. The predicted molar refractivity (Wildman–Crippen MR) is 91.8 cm³/mol. The fraction of sp³-hybridized carbons (Fsp3) is 0.500. The normalized spacial score (nSPS) is 22.8. The van der Waals surface area contributed by atoms with Gasteiger partial charge in [-0.25, -0.2) is 0 Å². The van der Waals surface area contributed by atoms with Crippen molar-refractivity contribution < 1.29 is 9.32 Å². The van der Waals surface area contributed by atoms with Gasteiger partial charge in [0.05, 0.1) is 11.3 Å². The summed E-state index contributed by atoms with van der Waals surface area (Å²) in [5.41, 5.74) is 0.794. The molecule has 1 aliphatic carbocycles. The van der Waals surface area contributed by atoms with Crippen LogP contribution >= 0.6 is 11.8 Å². The molecule has 4 rings (SSSR count). The van der Waals surface area contributed by atoms with Crippen molar-refractivity contribution in [2.45, 2.75) is 36.8 Å². The predicted octanol–water partition coefficient (Wildman–Crippen LogP) is 3.54. The van der Waals surface area contributed by atoms with Crippen molar-refractivity contribution in [2.75, 3.05) is 13.1 Å². The minimum absolute atomic E-state index is 0.164. The van der Waals surface area contributed by atoms with Gasteiger partial charge in [-0.05, 0) is 36.8 Å². The molecule has 1 saturated heterocycles. The van der Waals surface area contributed by atoms with E-state index in [0.29, 0.717) is 17.5 Å². The Morgan fingerprint density at radius 3 is 2.75 bits per heavy atom. The second kappa shape index (κ2) is 6.59. The minimum Gasteiger partial charge on any atom is -0.340 e. The minimum atomic E-state index is 0.164. The molecule has 0 bridgehead atoms. The number of carbonyl (C=O) groups is 1. The summed E-state index contributed by atoms with van der Waals surface area (Å²) in [7, 11) is 0. The number of likely N-dealkylation sites (tertiary alicyclic amines) is 1. The van der Waals surface area contributed by atoms with Crippen molar-refractivity contribution in [3.63, 3.8) is 0 Å². The zero-order valence-electron chi connectivity index (χ0n) is 13.8. The van der Waals surface area contributed by atoms with Crippen LogP contribution in [0, 0.1) is 18.8 Å². The number of fused-ring (bicyclic) bond motifs is 1. The van der Waals surface area contributed by atoms with E-state index in [4.69, 9.17) is 4.52 Å². The Kier molecular flexibility index (Phi) is 4.31. The van der Waals surface area contributed by atoms with Crippen LogP contribution in [0.4, 0.5) is 0 Å². The van der Waals surface area contributed by atoms with E-state index in [2.05, 4.69) is 10.1 Å². The first kappa shape index (κ1) is 15.7. The number of amides is 1. The Morgan fingerprint density at radius 2 is 2.04 bits per heavy atom. The van der Waals surface area contributed by atoms with Gasteiger partial charge in [0, 0.05) is 24.9 Å². The number of benzene rings is 1. The van der Waals surface area contributed by atoms with Crippen LogP contribution in [0.15, 0.2) is 33.7 Å². The lowest BCUT2D eigenvalue weighted by molar-refractivity contribution is 0.0777. The Labute approximate surface area is 145 Å². The smallest absolute Gasteiger partial charge is 0.255 e. The summed E-state index contributed by atoms with van der Waals surface area (Å²) < 4.78 is 5.00. The maximum Gasteiger partial charge on any atom is 0.255 e. The lowest BCUT2D eigenvalue weighted by atomic mass is 10.0. The number of aromatic nitrogens is 2. The van der Waals surface area contributed by atoms with E-state index in [1.165, 1.54) is 19.3 Å². The number of aryl methyl sites for hydroxylation is 1. The molecule has 24 heavy (non-hydrogen) atoms. The van der Waals surface area contributed by atoms with E-state index in [1.807, 2.05) is 29.2 Å². The molecule has 1 amide bonds. The molecule has 1 aliphatic heterocycles. The first-order chi connectivity index (χ1) is 11.7. The highest BCUT2D eigenvalue weighted by atomic mass is 32.2. The summed E-state index contributed by atoms with van der Waals surface area (Å²) in [6, 6.07) is 7.84. The zero-order chi connectivity index (χ0) is 16.5. The highest BCUT2D eigenvalue weighted by molar-refractivity contribution is 7.98. The van der Waals surface area contributed by atoms with E-state index in [1.54, 1.807) is 18.7 Å². The Hall–Kier alpha value is -1.82. The number of thioether (sulfide) groups is 1. The molecule has 2 atom stereocenters. The number of nitrogens with zero attached hydrogens (tertiary/aromatic N) is 3. The van der Waals surface area contributed by atoms with Crippen molar-refractivity contribution in [3.8, 4) is 0 Å². The van der Waals surface area contributed by atoms with E-state index in [-0.39, 0.29) is 5.91 Å². The van der Waals surface area contributed by atoms with Gasteiger partial charge < -0.3 is 9.42 Å². The summed E-state index contributed by atoms with van der Waals surface area (Å²) >= 11 is 1.59. The molecule has 2 aromatic rings. The van der Waals surface area contributed by atoms with Crippen LogP contribution < -0.4 is 0 Å². The van der Waals surface area contributed by atoms with E-state index < -0.39 is 0 Å². The van der Waals surface area contributed by atoms with Crippen LogP contribution in [-0.2, 0) is 5.75 Å². The maximum absolute atomic E-state index is 13.0. The molecule has 5 nitrogen and oxygen atoms in total. The van der Waals surface area contributed by atoms with E-state index in [9.17, 15) is 4.79 Å². The summed E-state index contributed by atoms with van der Waals surface area (Å²) in [5, 5.41) is 3.92. The van der Waals surface area contributed by atoms with Gasteiger partial charge in [0.25, 0.3) is 5.91 Å². The third-order valence-corrected chi connectivity index (χ3v) is 6.13. The van der Waals surface area contributed by atoms with Crippen molar-refractivity contribution in [3.05, 3.63) is 41.5 Å². The molecule has 1 aromatic carbocycles. The third-order valence-electron chi connectivity index (χ3n) is 5.06. The van der Waals surface area contributed by atoms with Gasteiger partial charge in [0.15, 0.2) is 5.82 Å². The van der Waals surface area contributed by atoms with E-state index in [0.717, 1.165) is 35.4 Å². The van der Waals surface area contributed by atoms with Gasteiger partial charge in [-0.2, -0.15) is 4.98 Å². The molecule has 2 aliphatic rings. The summed E-state index contributed by atoms with van der Waals surface area (Å²) in [6.07, 6.45) is 3.89. The third kappa shape index (κ3) is 3.07. The standard InChI is InChI=1S/C18H21N3O2S/c1-12-19-17(20-23-12)11-24-16-8-3-2-7-15(16)18(22)21-9-13-5-4-6-14(13)10-21/h2-3,7-8,13-14H,4-6,9-11H2,1H3/t13-,14+. The van der Waals surface area contributed by atoms with E-state index >= 15 is 0 Å². The molecule has 1 saturated carbocycles. The van der Waals surface area contributed by atoms with Crippen molar-refractivity contribution in [1.29, 1.82) is 0 Å². The van der Waals surface area contributed by atoms with Crippen molar-refractivity contribution in [1.82, 2.24) is 15.0 Å². The number of rotatable bonds is 4. The lowest BCUT2D eigenvalue weighted by Gasteiger charge is -2.19. The van der Waals surface area contributed by atoms with Gasteiger partial charge in [0.1, 0.15) is 0 Å². The number of hydrogen-bond donors (Lipinski definition) is 0. The van der Waals surface area contributed by atoms with Gasteiger partial charge in [-0.15, -0.1) is 11.8 Å². The van der Waals surface area contributed by atoms with Crippen LogP contribution in [0.25, 0.3) is 0 Å². The summed E-state index contributed by atoms with van der Waals surface area (Å²) in [6.45, 7) is 3.63. The number of hydrogen-bond acceptors (Lipinski definition) is 5. The van der Waals surface area contributed by atoms with Crippen LogP contribution in [0.1, 0.15) is 41.3 Å². The lowest BCUT2D eigenvalue weighted by Crippen LogP contribution is -2.29. The monoisotopic (exact) mass is 343 g/mol. The molecular formula is C18H21N3O2S. The van der Waals surface area contributed by atoms with Crippen LogP contribution in [-0.4, -0.2) is 34.0 Å². The molecule has 0 spiro atoms. The largest absolute Gasteiger partial charge is 0.340 e. The Morgan fingerprint density at radius 1 is 1.29 bits per heavy atom. The Balaban J connectivity index is 1.47. The summed E-state index contributed by atoms with van der Waals surface area (Å²) in [4.78, 5) is 20.2. The molecule has 2 fully saturated rings. The fourth-order valence-electron chi connectivity index (χ4n) is 3.88. The molecule has 2 heterocycles. The molecule has 6 heteroatoms. The van der Waals surface area contributed by atoms with Crippen LogP contribution in [0.3, 0.4) is 0 Å². The first-order valence-electron chi connectivity index (χ1n) is 8.51. The highest BCUT2D eigenvalue weighted by Crippen LogP contribution is 2.38. The molecular weight excluding hydrogens is 322 g/mol. The quantitative estimate of drug-likeness (QED) is 0.795. The Bertz CT molecular complexity index is 733. The first-order valence-corrected chi connectivity index (χ1v) is 9.49. The fourth-order valence-corrected chi connectivity index (χ4v) is 4.77.